The SMILES string of the molecule is CCO[Si](CCC(C)C)(OC(C)C)C(C)(C)C. The highest BCUT2D eigenvalue weighted by Gasteiger charge is 2.49. The van der Waals surface area contributed by atoms with E-state index in [9.17, 15) is 0 Å². The lowest BCUT2D eigenvalue weighted by atomic mass is 10.2. The van der Waals surface area contributed by atoms with E-state index in [0.29, 0.717) is 5.92 Å². The number of hydrogen-bond donors (Lipinski definition) is 0. The monoisotopic (exact) mass is 260 g/mol. The van der Waals surface area contributed by atoms with E-state index >= 15 is 0 Å². The molecular formula is C14H32O2Si. The molecule has 104 valence electrons. The van der Waals surface area contributed by atoms with Gasteiger partial charge in [0.1, 0.15) is 0 Å². The van der Waals surface area contributed by atoms with Gasteiger partial charge in [-0.05, 0) is 39.2 Å². The predicted octanol–water partition coefficient (Wildman–Crippen LogP) is 4.74. The largest absolute Gasteiger partial charge is 0.394 e. The first kappa shape index (κ1) is 17.1. The number of hydrogen-bond acceptors (Lipinski definition) is 2. The summed E-state index contributed by atoms with van der Waals surface area (Å²) < 4.78 is 12.5. The molecule has 0 aromatic heterocycles. The van der Waals surface area contributed by atoms with Gasteiger partial charge in [-0.3, -0.25) is 0 Å². The molecule has 0 bridgehead atoms. The molecule has 3 heteroatoms. The van der Waals surface area contributed by atoms with Crippen molar-refractivity contribution < 1.29 is 8.85 Å². The Morgan fingerprint density at radius 3 is 1.88 bits per heavy atom. The molecule has 0 aliphatic carbocycles. The van der Waals surface area contributed by atoms with Crippen LogP contribution in [0.2, 0.25) is 11.1 Å². The molecule has 0 aromatic carbocycles. The maximum atomic E-state index is 6.31. The Balaban J connectivity index is 4.95. The third-order valence-corrected chi connectivity index (χ3v) is 7.84. The van der Waals surface area contributed by atoms with Crippen LogP contribution >= 0.6 is 0 Å². The summed E-state index contributed by atoms with van der Waals surface area (Å²) in [6, 6.07) is 1.10. The van der Waals surface area contributed by atoms with E-state index in [1.54, 1.807) is 0 Å². The van der Waals surface area contributed by atoms with E-state index in [1.165, 1.54) is 6.42 Å². The highest BCUT2D eigenvalue weighted by Crippen LogP contribution is 2.42. The first-order valence-electron chi connectivity index (χ1n) is 6.96. The fourth-order valence-electron chi connectivity index (χ4n) is 2.03. The Hall–Kier alpha value is 0.137. The van der Waals surface area contributed by atoms with Gasteiger partial charge in [0.05, 0.1) is 0 Å². The van der Waals surface area contributed by atoms with E-state index in [4.69, 9.17) is 8.85 Å². The van der Waals surface area contributed by atoms with Gasteiger partial charge in [-0.2, -0.15) is 0 Å². The van der Waals surface area contributed by atoms with Crippen LogP contribution in [0.15, 0.2) is 0 Å². The summed E-state index contributed by atoms with van der Waals surface area (Å²) in [6.07, 6.45) is 1.44. The van der Waals surface area contributed by atoms with Gasteiger partial charge in [0, 0.05) is 17.7 Å². The van der Waals surface area contributed by atoms with Crippen molar-refractivity contribution in [3.8, 4) is 0 Å². The highest BCUT2D eigenvalue weighted by atomic mass is 28.4. The molecule has 0 aliphatic heterocycles. The summed E-state index contributed by atoms with van der Waals surface area (Å²) in [6.45, 7) is 18.4. The second-order valence-electron chi connectivity index (χ2n) is 6.54. The van der Waals surface area contributed by atoms with Crippen molar-refractivity contribution in [3.63, 3.8) is 0 Å². The minimum atomic E-state index is -2.12. The van der Waals surface area contributed by atoms with E-state index in [-0.39, 0.29) is 11.1 Å². The molecule has 0 aliphatic rings. The zero-order chi connectivity index (χ0) is 13.7. The minimum absolute atomic E-state index is 0.127. The lowest BCUT2D eigenvalue weighted by Crippen LogP contribution is -2.52. The zero-order valence-corrected chi connectivity index (χ0v) is 14.1. The molecule has 0 rings (SSSR count). The predicted molar refractivity (Wildman–Crippen MR) is 77.6 cm³/mol. The average molecular weight is 260 g/mol. The van der Waals surface area contributed by atoms with Crippen LogP contribution in [0.25, 0.3) is 0 Å². The summed E-state index contributed by atoms with van der Waals surface area (Å²) in [4.78, 5) is 0. The van der Waals surface area contributed by atoms with Crippen molar-refractivity contribution in [2.24, 2.45) is 5.92 Å². The van der Waals surface area contributed by atoms with E-state index in [2.05, 4.69) is 55.4 Å². The van der Waals surface area contributed by atoms with Crippen LogP contribution in [0, 0.1) is 5.92 Å². The minimum Gasteiger partial charge on any atom is -0.394 e. The van der Waals surface area contributed by atoms with Gasteiger partial charge < -0.3 is 8.85 Å². The maximum Gasteiger partial charge on any atom is 0.343 e. The summed E-state index contributed by atoms with van der Waals surface area (Å²) in [5.74, 6) is 0.709. The van der Waals surface area contributed by atoms with E-state index in [1.807, 2.05) is 0 Å². The van der Waals surface area contributed by atoms with Gasteiger partial charge in [-0.25, -0.2) is 0 Å². The first-order valence-corrected chi connectivity index (χ1v) is 8.98. The van der Waals surface area contributed by atoms with Crippen molar-refractivity contribution in [1.29, 1.82) is 0 Å². The van der Waals surface area contributed by atoms with Crippen molar-refractivity contribution in [3.05, 3.63) is 0 Å². The first-order chi connectivity index (χ1) is 7.64. The summed E-state index contributed by atoms with van der Waals surface area (Å²) in [5.41, 5.74) is 0. The van der Waals surface area contributed by atoms with Crippen molar-refractivity contribution in [2.75, 3.05) is 6.61 Å². The van der Waals surface area contributed by atoms with Gasteiger partial charge in [0.15, 0.2) is 0 Å². The summed E-state index contributed by atoms with van der Waals surface area (Å²) in [5, 5.41) is 0.127. The molecule has 1 unspecified atom stereocenters. The highest BCUT2D eigenvalue weighted by molar-refractivity contribution is 6.70. The van der Waals surface area contributed by atoms with E-state index < -0.39 is 8.56 Å². The van der Waals surface area contributed by atoms with Crippen LogP contribution in [-0.4, -0.2) is 21.3 Å². The normalized spacial score (nSPS) is 16.6. The fraction of sp³-hybridized carbons (Fsp3) is 1.00. The molecule has 2 nitrogen and oxygen atoms in total. The van der Waals surface area contributed by atoms with Crippen molar-refractivity contribution >= 4 is 8.56 Å². The quantitative estimate of drug-likeness (QED) is 0.616. The molecule has 0 spiro atoms. The molecule has 0 radical (unpaired) electrons. The Labute approximate surface area is 109 Å². The molecule has 0 aromatic rings. The third kappa shape index (κ3) is 5.54. The Kier molecular flexibility index (Phi) is 6.96. The fourth-order valence-corrected chi connectivity index (χ4v) is 6.08. The van der Waals surface area contributed by atoms with Crippen LogP contribution in [0.1, 0.15) is 61.8 Å². The van der Waals surface area contributed by atoms with Crippen LogP contribution < -0.4 is 0 Å². The van der Waals surface area contributed by atoms with Crippen molar-refractivity contribution in [1.82, 2.24) is 0 Å². The molecule has 0 heterocycles. The van der Waals surface area contributed by atoms with Gasteiger partial charge in [-0.1, -0.05) is 34.6 Å². The Bertz CT molecular complexity index is 209. The maximum absolute atomic E-state index is 6.31. The van der Waals surface area contributed by atoms with Gasteiger partial charge in [-0.15, -0.1) is 0 Å². The number of rotatable bonds is 7. The van der Waals surface area contributed by atoms with Crippen LogP contribution in [0.3, 0.4) is 0 Å². The molecule has 0 amide bonds. The molecule has 1 atom stereocenters. The molecule has 0 N–H and O–H groups in total. The molecule has 0 saturated carbocycles. The molecule has 0 saturated heterocycles. The van der Waals surface area contributed by atoms with Gasteiger partial charge in [0.2, 0.25) is 0 Å². The smallest absolute Gasteiger partial charge is 0.343 e. The van der Waals surface area contributed by atoms with Crippen LogP contribution in [0.5, 0.6) is 0 Å². The summed E-state index contributed by atoms with van der Waals surface area (Å²) in [7, 11) is -2.12. The Morgan fingerprint density at radius 2 is 1.59 bits per heavy atom. The average Bonchev–Trinajstić information content (AvgIpc) is 2.11. The lowest BCUT2D eigenvalue weighted by molar-refractivity contribution is 0.116. The second-order valence-corrected chi connectivity index (χ2v) is 10.6. The molecule has 0 fully saturated rings. The molecule has 17 heavy (non-hydrogen) atoms. The van der Waals surface area contributed by atoms with Gasteiger partial charge in [0.25, 0.3) is 0 Å². The van der Waals surface area contributed by atoms with Crippen LogP contribution in [-0.2, 0) is 8.85 Å². The van der Waals surface area contributed by atoms with E-state index in [0.717, 1.165) is 12.7 Å². The lowest BCUT2D eigenvalue weighted by Gasteiger charge is -2.42. The second kappa shape index (κ2) is 6.91. The third-order valence-electron chi connectivity index (χ3n) is 3.00. The molecular weight excluding hydrogens is 228 g/mol. The standard InChI is InChI=1S/C14H32O2Si/c1-9-15-17(14(6,7)8,16-13(4)5)11-10-12(2)3/h12-13H,9-11H2,1-8H3. The van der Waals surface area contributed by atoms with Crippen molar-refractivity contribution in [2.45, 2.75) is 79.0 Å². The Morgan fingerprint density at radius 1 is 1.06 bits per heavy atom. The van der Waals surface area contributed by atoms with Crippen LogP contribution in [0.4, 0.5) is 0 Å². The topological polar surface area (TPSA) is 18.5 Å². The van der Waals surface area contributed by atoms with Gasteiger partial charge >= 0.3 is 8.56 Å². The zero-order valence-electron chi connectivity index (χ0n) is 13.1. The summed E-state index contributed by atoms with van der Waals surface area (Å²) >= 11 is 0.